The first-order chi connectivity index (χ1) is 7.74. The van der Waals surface area contributed by atoms with E-state index < -0.39 is 0 Å². The van der Waals surface area contributed by atoms with Crippen LogP contribution in [-0.4, -0.2) is 6.54 Å². The minimum absolute atomic E-state index is 0.749. The molecule has 0 aliphatic heterocycles. The lowest BCUT2D eigenvalue weighted by molar-refractivity contribution is 0.636. The van der Waals surface area contributed by atoms with Crippen LogP contribution in [0.5, 0.6) is 0 Å². The summed E-state index contributed by atoms with van der Waals surface area (Å²) in [6, 6.07) is 9.07. The summed E-state index contributed by atoms with van der Waals surface area (Å²) in [5.41, 5.74) is 2.87. The molecular formula is C15H23N. The fourth-order valence-electron chi connectivity index (χ4n) is 2.01. The normalized spacial score (nSPS) is 15.7. The first-order valence-corrected chi connectivity index (χ1v) is 6.52. The predicted octanol–water partition coefficient (Wildman–Crippen LogP) is 3.38. The van der Waals surface area contributed by atoms with Crippen LogP contribution in [0.3, 0.4) is 0 Å². The largest absolute Gasteiger partial charge is 0.312 e. The van der Waals surface area contributed by atoms with Crippen LogP contribution in [0.25, 0.3) is 0 Å². The molecule has 0 saturated heterocycles. The lowest BCUT2D eigenvalue weighted by Crippen LogP contribution is -2.15. The Morgan fingerprint density at radius 2 is 1.75 bits per heavy atom. The predicted molar refractivity (Wildman–Crippen MR) is 69.4 cm³/mol. The van der Waals surface area contributed by atoms with Crippen molar-refractivity contribution in [3.63, 3.8) is 0 Å². The monoisotopic (exact) mass is 217 g/mol. The third-order valence-electron chi connectivity index (χ3n) is 3.13. The molecule has 0 spiro atoms. The maximum Gasteiger partial charge on any atom is 0.0205 e. The summed E-state index contributed by atoms with van der Waals surface area (Å²) in [5, 5.41) is 3.52. The number of benzene rings is 1. The van der Waals surface area contributed by atoms with E-state index in [1.54, 1.807) is 0 Å². The van der Waals surface area contributed by atoms with Gasteiger partial charge in [-0.25, -0.2) is 0 Å². The molecule has 1 aliphatic carbocycles. The summed E-state index contributed by atoms with van der Waals surface area (Å²) >= 11 is 0. The van der Waals surface area contributed by atoms with Crippen molar-refractivity contribution in [1.82, 2.24) is 5.32 Å². The summed E-state index contributed by atoms with van der Waals surface area (Å²) in [7, 11) is 0. The number of nitrogens with one attached hydrogen (secondary N) is 1. The summed E-state index contributed by atoms with van der Waals surface area (Å²) in [6.45, 7) is 6.77. The Morgan fingerprint density at radius 1 is 1.12 bits per heavy atom. The zero-order valence-electron chi connectivity index (χ0n) is 10.5. The van der Waals surface area contributed by atoms with Gasteiger partial charge < -0.3 is 5.32 Å². The molecule has 0 atom stereocenters. The van der Waals surface area contributed by atoms with Crippen molar-refractivity contribution in [3.05, 3.63) is 35.4 Å². The van der Waals surface area contributed by atoms with Crippen LogP contribution in [0, 0.1) is 11.8 Å². The molecule has 0 aromatic heterocycles. The molecule has 0 radical (unpaired) electrons. The Bertz CT molecular complexity index is 309. The van der Waals surface area contributed by atoms with Crippen molar-refractivity contribution in [1.29, 1.82) is 0 Å². The smallest absolute Gasteiger partial charge is 0.0205 e. The molecule has 1 N–H and O–H groups in total. The van der Waals surface area contributed by atoms with E-state index in [9.17, 15) is 0 Å². The zero-order valence-corrected chi connectivity index (χ0v) is 10.5. The van der Waals surface area contributed by atoms with Crippen LogP contribution < -0.4 is 5.32 Å². The SMILES string of the molecule is CC(C)Cc1ccc(CNCC2CC2)cc1. The van der Waals surface area contributed by atoms with Gasteiger partial charge in [0.2, 0.25) is 0 Å². The maximum atomic E-state index is 3.52. The van der Waals surface area contributed by atoms with Crippen LogP contribution in [0.15, 0.2) is 24.3 Å². The molecule has 0 heterocycles. The van der Waals surface area contributed by atoms with E-state index in [-0.39, 0.29) is 0 Å². The quantitative estimate of drug-likeness (QED) is 0.770. The highest BCUT2D eigenvalue weighted by atomic mass is 14.9. The summed E-state index contributed by atoms with van der Waals surface area (Å²) < 4.78 is 0. The van der Waals surface area contributed by atoms with Gasteiger partial charge in [-0.15, -0.1) is 0 Å². The maximum absolute atomic E-state index is 3.52. The van der Waals surface area contributed by atoms with Gasteiger partial charge in [-0.05, 0) is 48.8 Å². The summed E-state index contributed by atoms with van der Waals surface area (Å²) in [4.78, 5) is 0. The Hall–Kier alpha value is -0.820. The van der Waals surface area contributed by atoms with Gasteiger partial charge >= 0.3 is 0 Å². The Morgan fingerprint density at radius 3 is 2.31 bits per heavy atom. The molecule has 2 rings (SSSR count). The van der Waals surface area contributed by atoms with Gasteiger partial charge in [0.25, 0.3) is 0 Å². The van der Waals surface area contributed by atoms with E-state index in [0.717, 1.165) is 18.4 Å². The standard InChI is InChI=1S/C15H23N/c1-12(2)9-13-3-5-14(6-4-13)10-16-11-15-7-8-15/h3-6,12,15-16H,7-11H2,1-2H3. The number of rotatable bonds is 6. The average Bonchev–Trinajstić information content (AvgIpc) is 3.04. The summed E-state index contributed by atoms with van der Waals surface area (Å²) in [6.07, 6.45) is 4.05. The van der Waals surface area contributed by atoms with Crippen molar-refractivity contribution < 1.29 is 0 Å². The van der Waals surface area contributed by atoms with Gasteiger partial charge in [-0.3, -0.25) is 0 Å². The topological polar surface area (TPSA) is 12.0 Å². The van der Waals surface area contributed by atoms with Crippen LogP contribution in [-0.2, 0) is 13.0 Å². The van der Waals surface area contributed by atoms with E-state index in [0.29, 0.717) is 0 Å². The van der Waals surface area contributed by atoms with Gasteiger partial charge in [0.15, 0.2) is 0 Å². The third kappa shape index (κ3) is 3.97. The van der Waals surface area contributed by atoms with Crippen LogP contribution in [0.1, 0.15) is 37.8 Å². The van der Waals surface area contributed by atoms with Crippen molar-refractivity contribution in [2.45, 2.75) is 39.7 Å². The van der Waals surface area contributed by atoms with E-state index in [2.05, 4.69) is 43.4 Å². The lowest BCUT2D eigenvalue weighted by atomic mass is 10.0. The molecule has 0 bridgehead atoms. The molecule has 0 amide bonds. The van der Waals surface area contributed by atoms with Crippen molar-refractivity contribution in [2.75, 3.05) is 6.54 Å². The highest BCUT2D eigenvalue weighted by Crippen LogP contribution is 2.27. The molecule has 1 nitrogen and oxygen atoms in total. The molecule has 88 valence electrons. The summed E-state index contributed by atoms with van der Waals surface area (Å²) in [5.74, 6) is 1.72. The number of hydrogen-bond donors (Lipinski definition) is 1. The second kappa shape index (κ2) is 5.49. The van der Waals surface area contributed by atoms with Crippen LogP contribution in [0.2, 0.25) is 0 Å². The van der Waals surface area contributed by atoms with Gasteiger partial charge in [0.05, 0.1) is 0 Å². The second-order valence-corrected chi connectivity index (χ2v) is 5.49. The second-order valence-electron chi connectivity index (χ2n) is 5.49. The minimum Gasteiger partial charge on any atom is -0.312 e. The van der Waals surface area contributed by atoms with Gasteiger partial charge in [-0.2, -0.15) is 0 Å². The number of hydrogen-bond acceptors (Lipinski definition) is 1. The van der Waals surface area contributed by atoms with Crippen LogP contribution in [0.4, 0.5) is 0 Å². The Labute approximate surface area is 99.3 Å². The molecule has 1 aromatic rings. The average molecular weight is 217 g/mol. The molecule has 1 heteroatoms. The molecule has 1 aromatic carbocycles. The lowest BCUT2D eigenvalue weighted by Gasteiger charge is -2.07. The minimum atomic E-state index is 0.749. The highest BCUT2D eigenvalue weighted by molar-refractivity contribution is 5.22. The molecule has 0 unspecified atom stereocenters. The Balaban J connectivity index is 1.76. The molecule has 1 saturated carbocycles. The van der Waals surface area contributed by atoms with Crippen molar-refractivity contribution in [3.8, 4) is 0 Å². The van der Waals surface area contributed by atoms with Crippen molar-refractivity contribution in [2.24, 2.45) is 11.8 Å². The molecule has 1 aliphatic rings. The van der Waals surface area contributed by atoms with E-state index >= 15 is 0 Å². The van der Waals surface area contributed by atoms with Gasteiger partial charge in [0.1, 0.15) is 0 Å². The van der Waals surface area contributed by atoms with Gasteiger partial charge in [-0.1, -0.05) is 38.1 Å². The van der Waals surface area contributed by atoms with Crippen LogP contribution >= 0.6 is 0 Å². The fourth-order valence-corrected chi connectivity index (χ4v) is 2.01. The fraction of sp³-hybridized carbons (Fsp3) is 0.600. The van der Waals surface area contributed by atoms with E-state index in [1.807, 2.05) is 0 Å². The van der Waals surface area contributed by atoms with Gasteiger partial charge in [0, 0.05) is 6.54 Å². The third-order valence-corrected chi connectivity index (χ3v) is 3.13. The van der Waals surface area contributed by atoms with Crippen molar-refractivity contribution >= 4 is 0 Å². The zero-order chi connectivity index (χ0) is 11.4. The molecule has 16 heavy (non-hydrogen) atoms. The van der Waals surface area contributed by atoms with E-state index in [4.69, 9.17) is 0 Å². The highest BCUT2D eigenvalue weighted by Gasteiger charge is 2.19. The van der Waals surface area contributed by atoms with E-state index in [1.165, 1.54) is 36.9 Å². The molecule has 1 fully saturated rings. The molecular weight excluding hydrogens is 194 g/mol. The first-order valence-electron chi connectivity index (χ1n) is 6.52. The Kier molecular flexibility index (Phi) is 4.00. The first kappa shape index (κ1) is 11.7.